The van der Waals surface area contributed by atoms with Crippen LogP contribution in [-0.2, 0) is 17.9 Å². The van der Waals surface area contributed by atoms with Crippen molar-refractivity contribution in [2.45, 2.75) is 40.0 Å². The molecule has 0 aliphatic rings. The highest BCUT2D eigenvalue weighted by Crippen LogP contribution is 2.26. The van der Waals surface area contributed by atoms with Crippen LogP contribution < -0.4 is 5.32 Å². The summed E-state index contributed by atoms with van der Waals surface area (Å²) < 4.78 is 10.1. The molecule has 104 valence electrons. The molecular formula is C13H19N3O2S. The lowest BCUT2D eigenvalue weighted by atomic mass is 10.1. The summed E-state index contributed by atoms with van der Waals surface area (Å²) in [7, 11) is 1.61. The van der Waals surface area contributed by atoms with E-state index < -0.39 is 0 Å². The Morgan fingerprint density at radius 3 is 2.89 bits per heavy atom. The molecule has 1 atom stereocenters. The predicted octanol–water partition coefficient (Wildman–Crippen LogP) is 2.75. The second kappa shape index (κ2) is 6.27. The molecular weight excluding hydrogens is 262 g/mol. The zero-order chi connectivity index (χ0) is 13.8. The van der Waals surface area contributed by atoms with Crippen molar-refractivity contribution in [3.8, 4) is 0 Å². The lowest BCUT2D eigenvalue weighted by molar-refractivity contribution is 0.174. The maximum absolute atomic E-state index is 5.14. The number of hydrogen-bond acceptors (Lipinski definition) is 6. The van der Waals surface area contributed by atoms with Crippen LogP contribution >= 0.6 is 11.3 Å². The van der Waals surface area contributed by atoms with Crippen LogP contribution in [0.2, 0.25) is 0 Å². The van der Waals surface area contributed by atoms with Gasteiger partial charge in [0, 0.05) is 22.9 Å². The summed E-state index contributed by atoms with van der Waals surface area (Å²) in [6, 6.07) is 2.49. The van der Waals surface area contributed by atoms with Gasteiger partial charge in [-0.3, -0.25) is 0 Å². The number of nitrogens with one attached hydrogen (secondary N) is 1. The average molecular weight is 281 g/mol. The van der Waals surface area contributed by atoms with Crippen LogP contribution in [0, 0.1) is 13.8 Å². The Balaban J connectivity index is 1.92. The van der Waals surface area contributed by atoms with Crippen LogP contribution in [0.4, 0.5) is 0 Å². The Hall–Kier alpha value is -1.24. The topological polar surface area (TPSA) is 60.2 Å². The van der Waals surface area contributed by atoms with E-state index in [2.05, 4.69) is 42.3 Å². The molecule has 0 aliphatic heterocycles. The van der Waals surface area contributed by atoms with E-state index in [1.807, 2.05) is 11.3 Å². The summed E-state index contributed by atoms with van der Waals surface area (Å²) in [5.74, 6) is 1.16. The second-order valence-electron chi connectivity index (χ2n) is 4.51. The highest BCUT2D eigenvalue weighted by molar-refractivity contribution is 7.12. The minimum absolute atomic E-state index is 0.266. The zero-order valence-corrected chi connectivity index (χ0v) is 12.5. The molecule has 5 nitrogen and oxygen atoms in total. The predicted molar refractivity (Wildman–Crippen MR) is 74.1 cm³/mol. The molecule has 0 fully saturated rings. The third kappa shape index (κ3) is 3.62. The Morgan fingerprint density at radius 1 is 1.47 bits per heavy atom. The van der Waals surface area contributed by atoms with Crippen molar-refractivity contribution >= 4 is 11.3 Å². The maximum atomic E-state index is 5.14. The fraction of sp³-hybridized carbons (Fsp3) is 0.538. The quantitative estimate of drug-likeness (QED) is 0.882. The minimum Gasteiger partial charge on any atom is -0.377 e. The van der Waals surface area contributed by atoms with Gasteiger partial charge in [0.05, 0.1) is 6.54 Å². The number of aryl methyl sites for hydroxylation is 2. The number of nitrogens with zero attached hydrogens (tertiary/aromatic N) is 2. The van der Waals surface area contributed by atoms with Crippen LogP contribution in [0.25, 0.3) is 0 Å². The molecule has 0 bridgehead atoms. The van der Waals surface area contributed by atoms with E-state index in [0.717, 1.165) is 0 Å². The Morgan fingerprint density at radius 2 is 2.26 bits per heavy atom. The molecule has 0 aliphatic carbocycles. The zero-order valence-electron chi connectivity index (χ0n) is 11.7. The fourth-order valence-electron chi connectivity index (χ4n) is 1.98. The number of ether oxygens (including phenoxy) is 1. The highest BCUT2D eigenvalue weighted by Gasteiger charge is 2.12. The van der Waals surface area contributed by atoms with Crippen LogP contribution in [-0.4, -0.2) is 17.3 Å². The molecule has 0 saturated heterocycles. The molecule has 2 rings (SSSR count). The number of hydrogen-bond donors (Lipinski definition) is 1. The second-order valence-corrected chi connectivity index (χ2v) is 5.97. The van der Waals surface area contributed by atoms with Gasteiger partial charge >= 0.3 is 0 Å². The molecule has 6 heteroatoms. The molecule has 1 unspecified atom stereocenters. The number of thiophene rings is 1. The molecule has 19 heavy (non-hydrogen) atoms. The van der Waals surface area contributed by atoms with E-state index in [-0.39, 0.29) is 6.04 Å². The summed E-state index contributed by atoms with van der Waals surface area (Å²) in [5, 5.41) is 7.22. The summed E-state index contributed by atoms with van der Waals surface area (Å²) >= 11 is 1.82. The van der Waals surface area contributed by atoms with E-state index in [1.54, 1.807) is 7.11 Å². The number of methoxy groups -OCH3 is 1. The molecule has 0 spiro atoms. The first-order chi connectivity index (χ1) is 9.10. The third-order valence-electron chi connectivity index (χ3n) is 2.89. The average Bonchev–Trinajstić information content (AvgIpc) is 2.93. The van der Waals surface area contributed by atoms with Gasteiger partial charge < -0.3 is 14.6 Å². The molecule has 0 amide bonds. The summed E-state index contributed by atoms with van der Waals surface area (Å²) in [5.41, 5.74) is 1.33. The van der Waals surface area contributed by atoms with E-state index in [4.69, 9.17) is 9.26 Å². The van der Waals surface area contributed by atoms with Crippen LogP contribution in [0.15, 0.2) is 10.6 Å². The Bertz CT molecular complexity index is 536. The van der Waals surface area contributed by atoms with Gasteiger partial charge in [-0.15, -0.1) is 11.3 Å². The van der Waals surface area contributed by atoms with Gasteiger partial charge in [0.2, 0.25) is 5.89 Å². The number of aromatic nitrogens is 2. The van der Waals surface area contributed by atoms with Gasteiger partial charge in [0.25, 0.3) is 0 Å². The fourth-order valence-corrected chi connectivity index (χ4v) is 3.00. The van der Waals surface area contributed by atoms with Crippen LogP contribution in [0.5, 0.6) is 0 Å². The van der Waals surface area contributed by atoms with Gasteiger partial charge in [-0.1, -0.05) is 5.16 Å². The van der Waals surface area contributed by atoms with Crippen molar-refractivity contribution in [1.82, 2.24) is 15.5 Å². The van der Waals surface area contributed by atoms with Crippen LogP contribution in [0.1, 0.15) is 40.0 Å². The molecule has 2 aromatic heterocycles. The van der Waals surface area contributed by atoms with Gasteiger partial charge in [-0.25, -0.2) is 0 Å². The van der Waals surface area contributed by atoms with Gasteiger partial charge in [0.15, 0.2) is 5.82 Å². The molecule has 1 N–H and O–H groups in total. The molecule has 0 radical (unpaired) electrons. The van der Waals surface area contributed by atoms with Crippen molar-refractivity contribution in [2.75, 3.05) is 7.11 Å². The largest absolute Gasteiger partial charge is 0.377 e. The monoisotopic (exact) mass is 281 g/mol. The van der Waals surface area contributed by atoms with Crippen molar-refractivity contribution in [3.05, 3.63) is 33.1 Å². The summed E-state index contributed by atoms with van der Waals surface area (Å²) in [4.78, 5) is 6.92. The number of rotatable bonds is 6. The smallest absolute Gasteiger partial charge is 0.240 e. The van der Waals surface area contributed by atoms with Crippen molar-refractivity contribution < 1.29 is 9.26 Å². The first kappa shape index (κ1) is 14.2. The molecule has 2 heterocycles. The lowest BCUT2D eigenvalue weighted by Crippen LogP contribution is -2.18. The summed E-state index contributed by atoms with van der Waals surface area (Å²) in [6.45, 7) is 7.35. The van der Waals surface area contributed by atoms with Gasteiger partial charge in [0.1, 0.15) is 6.61 Å². The van der Waals surface area contributed by atoms with Crippen molar-refractivity contribution in [1.29, 1.82) is 0 Å². The molecule has 2 aromatic rings. The van der Waals surface area contributed by atoms with Gasteiger partial charge in [-0.05, 0) is 32.4 Å². The van der Waals surface area contributed by atoms with E-state index in [0.29, 0.717) is 24.9 Å². The standard InChI is InChI=1S/C13H19N3O2S/c1-8-5-11(10(3)19-8)9(2)14-6-13-15-12(7-17-4)16-18-13/h5,9,14H,6-7H2,1-4H3. The maximum Gasteiger partial charge on any atom is 0.240 e. The Kier molecular flexibility index (Phi) is 4.68. The van der Waals surface area contributed by atoms with Crippen molar-refractivity contribution in [2.24, 2.45) is 0 Å². The van der Waals surface area contributed by atoms with E-state index in [1.165, 1.54) is 15.3 Å². The summed E-state index contributed by atoms with van der Waals surface area (Å²) in [6.07, 6.45) is 0. The highest BCUT2D eigenvalue weighted by atomic mass is 32.1. The third-order valence-corrected chi connectivity index (χ3v) is 3.87. The molecule has 0 aromatic carbocycles. The minimum atomic E-state index is 0.266. The van der Waals surface area contributed by atoms with E-state index in [9.17, 15) is 0 Å². The first-order valence-electron chi connectivity index (χ1n) is 6.21. The normalized spacial score (nSPS) is 12.8. The SMILES string of the molecule is COCc1noc(CNC(C)c2cc(C)sc2C)n1. The van der Waals surface area contributed by atoms with Crippen LogP contribution in [0.3, 0.4) is 0 Å². The van der Waals surface area contributed by atoms with E-state index >= 15 is 0 Å². The van der Waals surface area contributed by atoms with Gasteiger partial charge in [-0.2, -0.15) is 4.98 Å². The first-order valence-corrected chi connectivity index (χ1v) is 7.02. The molecule has 0 saturated carbocycles. The Labute approximate surface area is 117 Å². The lowest BCUT2D eigenvalue weighted by Gasteiger charge is -2.11. The van der Waals surface area contributed by atoms with Crippen molar-refractivity contribution in [3.63, 3.8) is 0 Å².